The number of aryl methyl sites for hydroxylation is 6. The number of hydrogen-bond acceptors (Lipinski definition) is 2. The molecule has 0 atom stereocenters. The van der Waals surface area contributed by atoms with Crippen LogP contribution >= 0.6 is 0 Å². The molecule has 386 valence electrons. The Balaban J connectivity index is 0.951. The molecule has 12 aromatic rings. The standard InChI is InChI=1S/C79H60N2/c1-49-15-29-59(30-16-49)77(60-31-17-50(2)18-32-60)69-13-9-7-11-67(69)75-73(77)45-57(47-80-75)55-27-41-65-66-42-28-56(44-72(66)79(71(65)43-55,63-37-23-53(5)24-38-63)64-39-25-54(6)26-40-64)58-46-74-76(81-48-58)68-12-8-10-14-70(68)78(74,61-33-19-51(3)20-34-61)62-35-21-52(4)22-36-62/h7-48H,1-6H3. The van der Waals surface area contributed by atoms with Crippen LogP contribution in [0.4, 0.5) is 0 Å². The van der Waals surface area contributed by atoms with E-state index in [0.717, 1.165) is 33.6 Å². The van der Waals surface area contributed by atoms with Crippen molar-refractivity contribution in [2.24, 2.45) is 0 Å². The lowest BCUT2D eigenvalue weighted by Crippen LogP contribution is -2.29. The molecule has 3 aliphatic rings. The molecule has 10 aromatic carbocycles. The van der Waals surface area contributed by atoms with Crippen molar-refractivity contribution < 1.29 is 0 Å². The molecular formula is C79H60N2. The molecule has 0 aliphatic heterocycles. The number of rotatable bonds is 8. The normalized spacial score (nSPS) is 14.3. The first-order valence-electron chi connectivity index (χ1n) is 28.5. The van der Waals surface area contributed by atoms with Crippen LogP contribution in [-0.4, -0.2) is 9.97 Å². The van der Waals surface area contributed by atoms with Crippen molar-refractivity contribution in [3.8, 4) is 55.9 Å². The summed E-state index contributed by atoms with van der Waals surface area (Å²) in [7, 11) is 0. The maximum atomic E-state index is 5.50. The fraction of sp³-hybridized carbons (Fsp3) is 0.114. The van der Waals surface area contributed by atoms with Crippen LogP contribution in [0.2, 0.25) is 0 Å². The van der Waals surface area contributed by atoms with E-state index in [1.165, 1.54) is 122 Å². The second-order valence-corrected chi connectivity index (χ2v) is 23.3. The van der Waals surface area contributed by atoms with E-state index in [9.17, 15) is 0 Å². The molecule has 0 N–H and O–H groups in total. The lowest BCUT2D eigenvalue weighted by atomic mass is 9.66. The monoisotopic (exact) mass is 1040 g/mol. The first-order chi connectivity index (χ1) is 39.6. The molecule has 2 nitrogen and oxygen atoms in total. The average Bonchev–Trinajstić information content (AvgIpc) is 3.15. The number of aromatic nitrogens is 2. The summed E-state index contributed by atoms with van der Waals surface area (Å²) in [5.41, 5.74) is 31.7. The molecule has 0 bridgehead atoms. The highest BCUT2D eigenvalue weighted by atomic mass is 14.7. The number of hydrogen-bond donors (Lipinski definition) is 0. The summed E-state index contributed by atoms with van der Waals surface area (Å²) in [6, 6.07) is 92.4. The minimum absolute atomic E-state index is 0.581. The molecule has 0 saturated carbocycles. The van der Waals surface area contributed by atoms with Crippen molar-refractivity contribution in [3.63, 3.8) is 0 Å². The Morgan fingerprint density at radius 3 is 0.778 bits per heavy atom. The SMILES string of the molecule is Cc1ccc(C2(c3ccc(C)cc3)c3cc(-c4cnc5c(c4)C(c4ccc(C)cc4)(c4ccc(C)cc4)c4ccccc4-5)ccc3-c3ccc(-c4cnc5c(c4)C(c4ccc(C)cc4)(c4ccc(C)cc4)c4ccccc4-5)cc32)cc1. The van der Waals surface area contributed by atoms with Crippen LogP contribution < -0.4 is 0 Å². The summed E-state index contributed by atoms with van der Waals surface area (Å²) >= 11 is 0. The van der Waals surface area contributed by atoms with Gasteiger partial charge in [0, 0.05) is 34.6 Å². The van der Waals surface area contributed by atoms with Gasteiger partial charge in [0.15, 0.2) is 0 Å². The third-order valence-electron chi connectivity index (χ3n) is 18.5. The zero-order valence-electron chi connectivity index (χ0n) is 46.6. The number of fused-ring (bicyclic) bond motifs is 9. The van der Waals surface area contributed by atoms with E-state index in [0.29, 0.717) is 0 Å². The van der Waals surface area contributed by atoms with E-state index >= 15 is 0 Å². The van der Waals surface area contributed by atoms with Crippen LogP contribution in [0.25, 0.3) is 55.9 Å². The summed E-state index contributed by atoms with van der Waals surface area (Å²) in [6.45, 7) is 13.1. The van der Waals surface area contributed by atoms with Gasteiger partial charge in [-0.15, -0.1) is 0 Å². The van der Waals surface area contributed by atoms with Crippen molar-refractivity contribution in [1.29, 1.82) is 0 Å². The molecule has 2 aromatic heterocycles. The number of pyridine rings is 2. The minimum atomic E-state index is -0.681. The van der Waals surface area contributed by atoms with Crippen molar-refractivity contribution in [2.45, 2.75) is 57.8 Å². The Morgan fingerprint density at radius 2 is 0.481 bits per heavy atom. The van der Waals surface area contributed by atoms with Crippen molar-refractivity contribution in [1.82, 2.24) is 9.97 Å². The molecule has 0 radical (unpaired) electrons. The number of nitrogens with zero attached hydrogens (tertiary/aromatic N) is 2. The average molecular weight is 1040 g/mol. The highest BCUT2D eigenvalue weighted by Crippen LogP contribution is 2.61. The molecule has 0 saturated heterocycles. The highest BCUT2D eigenvalue weighted by Gasteiger charge is 2.50. The lowest BCUT2D eigenvalue weighted by Gasteiger charge is -2.35. The minimum Gasteiger partial charge on any atom is -0.255 e. The summed E-state index contributed by atoms with van der Waals surface area (Å²) in [4.78, 5) is 11.0. The summed E-state index contributed by atoms with van der Waals surface area (Å²) in [6.07, 6.45) is 4.23. The van der Waals surface area contributed by atoms with Crippen molar-refractivity contribution >= 4 is 0 Å². The maximum Gasteiger partial charge on any atom is 0.0753 e. The van der Waals surface area contributed by atoms with Crippen LogP contribution in [0.15, 0.2) is 255 Å². The van der Waals surface area contributed by atoms with Gasteiger partial charge in [0.1, 0.15) is 0 Å². The molecule has 0 unspecified atom stereocenters. The topological polar surface area (TPSA) is 25.8 Å². The molecule has 0 amide bonds. The third-order valence-corrected chi connectivity index (χ3v) is 18.5. The van der Waals surface area contributed by atoms with Crippen LogP contribution in [0.3, 0.4) is 0 Å². The summed E-state index contributed by atoms with van der Waals surface area (Å²) < 4.78 is 0. The predicted molar refractivity (Wildman–Crippen MR) is 333 cm³/mol. The van der Waals surface area contributed by atoms with E-state index in [2.05, 4.69) is 297 Å². The van der Waals surface area contributed by atoms with E-state index in [1.54, 1.807) is 0 Å². The summed E-state index contributed by atoms with van der Waals surface area (Å²) in [5.74, 6) is 0. The zero-order chi connectivity index (χ0) is 54.8. The molecular weight excluding hydrogens is 977 g/mol. The Morgan fingerprint density at radius 1 is 0.222 bits per heavy atom. The molecule has 0 fully saturated rings. The van der Waals surface area contributed by atoms with Crippen molar-refractivity contribution in [3.05, 3.63) is 355 Å². The Bertz CT molecular complexity index is 4090. The third kappa shape index (κ3) is 7.06. The predicted octanol–water partition coefficient (Wildman–Crippen LogP) is 18.8. The van der Waals surface area contributed by atoms with Gasteiger partial charge >= 0.3 is 0 Å². The van der Waals surface area contributed by atoms with E-state index in [1.807, 2.05) is 0 Å². The van der Waals surface area contributed by atoms with Crippen molar-refractivity contribution in [2.75, 3.05) is 0 Å². The second kappa shape index (κ2) is 18.3. The van der Waals surface area contributed by atoms with Crippen LogP contribution in [0.5, 0.6) is 0 Å². The van der Waals surface area contributed by atoms with E-state index in [4.69, 9.17) is 9.97 Å². The maximum absolute atomic E-state index is 5.50. The fourth-order valence-corrected chi connectivity index (χ4v) is 14.4. The smallest absolute Gasteiger partial charge is 0.0753 e. The van der Waals surface area contributed by atoms with Gasteiger partial charge in [-0.3, -0.25) is 9.97 Å². The lowest BCUT2D eigenvalue weighted by molar-refractivity contribution is 0.764. The molecule has 2 heteroatoms. The quantitative estimate of drug-likeness (QED) is 0.152. The van der Waals surface area contributed by atoms with Crippen LogP contribution in [-0.2, 0) is 16.2 Å². The van der Waals surface area contributed by atoms with E-state index in [-0.39, 0.29) is 0 Å². The van der Waals surface area contributed by atoms with Gasteiger partial charge in [0.25, 0.3) is 0 Å². The first-order valence-corrected chi connectivity index (χ1v) is 28.5. The van der Waals surface area contributed by atoms with Crippen LogP contribution in [0.1, 0.15) is 100 Å². The van der Waals surface area contributed by atoms with Gasteiger partial charge in [0.2, 0.25) is 0 Å². The van der Waals surface area contributed by atoms with Gasteiger partial charge in [-0.1, -0.05) is 252 Å². The largest absolute Gasteiger partial charge is 0.255 e. The van der Waals surface area contributed by atoms with Gasteiger partial charge in [-0.2, -0.15) is 0 Å². The molecule has 15 rings (SSSR count). The molecule has 81 heavy (non-hydrogen) atoms. The van der Waals surface area contributed by atoms with Gasteiger partial charge in [0.05, 0.1) is 27.6 Å². The van der Waals surface area contributed by atoms with E-state index < -0.39 is 16.2 Å². The highest BCUT2D eigenvalue weighted by molar-refractivity contribution is 5.93. The molecule has 0 spiro atoms. The first kappa shape index (κ1) is 48.6. The Hall–Kier alpha value is -9.50. The fourth-order valence-electron chi connectivity index (χ4n) is 14.4. The second-order valence-electron chi connectivity index (χ2n) is 23.3. The zero-order valence-corrected chi connectivity index (χ0v) is 46.6. The summed E-state index contributed by atoms with van der Waals surface area (Å²) in [5, 5.41) is 0. The Kier molecular flexibility index (Phi) is 11.0. The van der Waals surface area contributed by atoms with Gasteiger partial charge in [-0.05, 0) is 155 Å². The Labute approximate surface area is 476 Å². The molecule has 2 heterocycles. The molecule has 3 aliphatic carbocycles. The number of benzene rings is 10. The van der Waals surface area contributed by atoms with Crippen LogP contribution in [0, 0.1) is 41.5 Å². The van der Waals surface area contributed by atoms with Gasteiger partial charge < -0.3 is 0 Å². The van der Waals surface area contributed by atoms with Gasteiger partial charge in [-0.25, -0.2) is 0 Å².